The molecule has 2 aromatic rings. The Bertz CT molecular complexity index is 740. The first-order valence-electron chi connectivity index (χ1n) is 9.48. The summed E-state index contributed by atoms with van der Waals surface area (Å²) in [5, 5.41) is 7.82. The van der Waals surface area contributed by atoms with Gasteiger partial charge in [0.15, 0.2) is 0 Å². The zero-order chi connectivity index (χ0) is 19.2. The van der Waals surface area contributed by atoms with E-state index in [4.69, 9.17) is 0 Å². The molecule has 1 saturated heterocycles. The summed E-state index contributed by atoms with van der Waals surface area (Å²) in [6.45, 7) is 5.65. The molecule has 1 aromatic heterocycles. The number of nitrogens with zero attached hydrogens (tertiary/aromatic N) is 1. The van der Waals surface area contributed by atoms with Gasteiger partial charge in [-0.3, -0.25) is 4.79 Å². The smallest absolute Gasteiger partial charge is 0.316 e. The van der Waals surface area contributed by atoms with Crippen LogP contribution in [-0.2, 0) is 4.79 Å². The highest BCUT2D eigenvalue weighted by molar-refractivity contribution is 7.10. The largest absolute Gasteiger partial charge is 0.341 e. The molecule has 0 spiro atoms. The third-order valence-electron chi connectivity index (χ3n) is 5.07. The van der Waals surface area contributed by atoms with E-state index in [1.165, 1.54) is 0 Å². The fourth-order valence-electron chi connectivity index (χ4n) is 3.32. The quantitative estimate of drug-likeness (QED) is 0.814. The number of hydrogen-bond acceptors (Lipinski definition) is 3. The Kier molecular flexibility index (Phi) is 6.50. The van der Waals surface area contributed by atoms with Gasteiger partial charge in [0.05, 0.1) is 6.04 Å². The Balaban J connectivity index is 1.70. The predicted octanol–water partition coefficient (Wildman–Crippen LogP) is 4.11. The lowest BCUT2D eigenvalue weighted by atomic mass is 9.97. The van der Waals surface area contributed by atoms with Crippen LogP contribution in [0.25, 0.3) is 0 Å². The van der Waals surface area contributed by atoms with E-state index in [9.17, 15) is 9.59 Å². The molecule has 1 aromatic carbocycles. The van der Waals surface area contributed by atoms with Crippen molar-refractivity contribution in [2.75, 3.05) is 13.1 Å². The summed E-state index contributed by atoms with van der Waals surface area (Å²) in [6.07, 6.45) is 2.02. The zero-order valence-electron chi connectivity index (χ0n) is 15.9. The second-order valence-electron chi connectivity index (χ2n) is 7.21. The van der Waals surface area contributed by atoms with Crippen LogP contribution in [-0.4, -0.2) is 29.9 Å². The Morgan fingerprint density at radius 2 is 1.78 bits per heavy atom. The molecule has 1 aliphatic heterocycles. The molecular formula is C21H27N3O2S. The van der Waals surface area contributed by atoms with E-state index in [1.807, 2.05) is 59.7 Å². The maximum atomic E-state index is 13.1. The maximum Gasteiger partial charge on any atom is 0.316 e. The van der Waals surface area contributed by atoms with E-state index >= 15 is 0 Å². The predicted molar refractivity (Wildman–Crippen MR) is 109 cm³/mol. The molecule has 2 N–H and O–H groups in total. The number of amides is 3. The van der Waals surface area contributed by atoms with Crippen LogP contribution in [0.1, 0.15) is 49.2 Å². The van der Waals surface area contributed by atoms with E-state index in [2.05, 4.69) is 17.6 Å². The average Bonchev–Trinajstić information content (AvgIpc) is 3.22. The number of likely N-dealkylation sites (tertiary alicyclic amines) is 1. The standard InChI is InChI=1S/C21H27N3O2S/c1-15-10-12-24(13-11-15)20(25)19(17-7-4-3-5-8-17)23-21(26)22-16(2)18-9-6-14-27-18/h3-9,14-16,19H,10-13H2,1-2H3,(H2,22,23,26)/t16-,19-/m1/s1. The van der Waals surface area contributed by atoms with Gasteiger partial charge >= 0.3 is 6.03 Å². The Morgan fingerprint density at radius 3 is 2.41 bits per heavy atom. The lowest BCUT2D eigenvalue weighted by Crippen LogP contribution is -2.48. The van der Waals surface area contributed by atoms with Crippen molar-refractivity contribution in [1.82, 2.24) is 15.5 Å². The number of thiophene rings is 1. The van der Waals surface area contributed by atoms with E-state index in [-0.39, 0.29) is 18.0 Å². The van der Waals surface area contributed by atoms with Crippen molar-refractivity contribution >= 4 is 23.3 Å². The molecule has 5 nitrogen and oxygen atoms in total. The first-order chi connectivity index (χ1) is 13.0. The van der Waals surface area contributed by atoms with Crippen molar-refractivity contribution in [1.29, 1.82) is 0 Å². The number of carbonyl (C=O) groups is 2. The van der Waals surface area contributed by atoms with Gasteiger partial charge in [-0.2, -0.15) is 0 Å². The summed E-state index contributed by atoms with van der Waals surface area (Å²) in [7, 11) is 0. The number of nitrogens with one attached hydrogen (secondary N) is 2. The van der Waals surface area contributed by atoms with Gasteiger partial charge in [0.25, 0.3) is 0 Å². The minimum Gasteiger partial charge on any atom is -0.341 e. The number of carbonyl (C=O) groups excluding carboxylic acids is 2. The fourth-order valence-corrected chi connectivity index (χ4v) is 4.06. The molecular weight excluding hydrogens is 358 g/mol. The molecule has 3 amide bonds. The Hall–Kier alpha value is -2.34. The first kappa shape index (κ1) is 19.4. The van der Waals surface area contributed by atoms with E-state index in [0.717, 1.165) is 36.4 Å². The third kappa shape index (κ3) is 5.10. The Morgan fingerprint density at radius 1 is 1.07 bits per heavy atom. The van der Waals surface area contributed by atoms with Gasteiger partial charge in [-0.05, 0) is 42.7 Å². The van der Waals surface area contributed by atoms with Gasteiger partial charge in [-0.1, -0.05) is 43.3 Å². The van der Waals surface area contributed by atoms with Crippen molar-refractivity contribution in [3.8, 4) is 0 Å². The van der Waals surface area contributed by atoms with Crippen LogP contribution in [0, 0.1) is 5.92 Å². The molecule has 0 saturated carbocycles. The second-order valence-corrected chi connectivity index (χ2v) is 8.19. The van der Waals surface area contributed by atoms with Gasteiger partial charge in [0.1, 0.15) is 6.04 Å². The monoisotopic (exact) mass is 385 g/mol. The summed E-state index contributed by atoms with van der Waals surface area (Å²) in [5.74, 6) is 0.610. The molecule has 2 atom stereocenters. The van der Waals surface area contributed by atoms with Gasteiger partial charge < -0.3 is 15.5 Å². The lowest BCUT2D eigenvalue weighted by Gasteiger charge is -2.33. The maximum absolute atomic E-state index is 13.1. The van der Waals surface area contributed by atoms with Crippen molar-refractivity contribution in [2.45, 2.75) is 38.8 Å². The van der Waals surface area contributed by atoms with Crippen LogP contribution in [0.5, 0.6) is 0 Å². The summed E-state index contributed by atoms with van der Waals surface area (Å²) in [4.78, 5) is 28.7. The number of piperidine rings is 1. The second kappa shape index (κ2) is 9.04. The minimum atomic E-state index is -0.671. The zero-order valence-corrected chi connectivity index (χ0v) is 16.7. The highest BCUT2D eigenvalue weighted by Gasteiger charge is 2.29. The van der Waals surface area contributed by atoms with Gasteiger partial charge in [-0.15, -0.1) is 11.3 Å². The molecule has 6 heteroatoms. The average molecular weight is 386 g/mol. The highest BCUT2D eigenvalue weighted by atomic mass is 32.1. The molecule has 27 heavy (non-hydrogen) atoms. The van der Waals surface area contributed by atoms with E-state index in [1.54, 1.807) is 11.3 Å². The Labute approximate surface area is 164 Å². The molecule has 0 bridgehead atoms. The fraction of sp³-hybridized carbons (Fsp3) is 0.429. The number of hydrogen-bond donors (Lipinski definition) is 2. The molecule has 1 aliphatic rings. The molecule has 1 fully saturated rings. The van der Waals surface area contributed by atoms with Crippen LogP contribution < -0.4 is 10.6 Å². The molecule has 2 heterocycles. The molecule has 0 aliphatic carbocycles. The summed E-state index contributed by atoms with van der Waals surface area (Å²) < 4.78 is 0. The summed E-state index contributed by atoms with van der Waals surface area (Å²) in [5.41, 5.74) is 0.806. The highest BCUT2D eigenvalue weighted by Crippen LogP contribution is 2.22. The molecule has 0 unspecified atom stereocenters. The molecule has 3 rings (SSSR count). The van der Waals surface area contributed by atoms with E-state index in [0.29, 0.717) is 5.92 Å². The van der Waals surface area contributed by atoms with Crippen molar-refractivity contribution in [3.05, 3.63) is 58.3 Å². The van der Waals surface area contributed by atoms with Crippen molar-refractivity contribution < 1.29 is 9.59 Å². The summed E-state index contributed by atoms with van der Waals surface area (Å²) >= 11 is 1.60. The third-order valence-corrected chi connectivity index (χ3v) is 6.12. The van der Waals surface area contributed by atoms with Crippen LogP contribution >= 0.6 is 11.3 Å². The van der Waals surface area contributed by atoms with Gasteiger partial charge in [0.2, 0.25) is 5.91 Å². The topological polar surface area (TPSA) is 61.4 Å². The first-order valence-corrected chi connectivity index (χ1v) is 10.4. The molecule has 0 radical (unpaired) electrons. The lowest BCUT2D eigenvalue weighted by molar-refractivity contribution is -0.134. The van der Waals surface area contributed by atoms with E-state index < -0.39 is 6.04 Å². The number of benzene rings is 1. The normalized spacial score (nSPS) is 17.2. The van der Waals surface area contributed by atoms with Crippen LogP contribution in [0.2, 0.25) is 0 Å². The van der Waals surface area contributed by atoms with Crippen LogP contribution in [0.3, 0.4) is 0 Å². The van der Waals surface area contributed by atoms with Crippen molar-refractivity contribution in [2.24, 2.45) is 5.92 Å². The molecule has 144 valence electrons. The van der Waals surface area contributed by atoms with Crippen molar-refractivity contribution in [3.63, 3.8) is 0 Å². The summed E-state index contributed by atoms with van der Waals surface area (Å²) in [6, 6.07) is 12.3. The SMILES string of the molecule is CC1CCN(C(=O)[C@H](NC(=O)N[C@H](C)c2cccs2)c2ccccc2)CC1. The van der Waals surface area contributed by atoms with Gasteiger partial charge in [0, 0.05) is 18.0 Å². The minimum absolute atomic E-state index is 0.0352. The van der Waals surface area contributed by atoms with Crippen LogP contribution in [0.4, 0.5) is 4.79 Å². The number of rotatable bonds is 5. The van der Waals surface area contributed by atoms with Gasteiger partial charge in [-0.25, -0.2) is 4.79 Å². The number of urea groups is 1. The van der Waals surface area contributed by atoms with Crippen LogP contribution in [0.15, 0.2) is 47.8 Å².